The summed E-state index contributed by atoms with van der Waals surface area (Å²) in [5.41, 5.74) is 0.922. The van der Waals surface area contributed by atoms with Gasteiger partial charge >= 0.3 is 6.18 Å². The van der Waals surface area contributed by atoms with E-state index in [-0.39, 0.29) is 24.1 Å². The van der Waals surface area contributed by atoms with Crippen LogP contribution in [0.1, 0.15) is 25.0 Å². The van der Waals surface area contributed by atoms with Gasteiger partial charge in [-0.25, -0.2) is 4.98 Å². The Morgan fingerprint density at radius 1 is 1.16 bits per heavy atom. The van der Waals surface area contributed by atoms with E-state index in [1.54, 1.807) is 12.3 Å². The van der Waals surface area contributed by atoms with E-state index in [2.05, 4.69) is 4.98 Å². The summed E-state index contributed by atoms with van der Waals surface area (Å²) in [4.78, 5) is 17.8. The number of hydrogen-bond donors (Lipinski definition) is 0. The summed E-state index contributed by atoms with van der Waals surface area (Å²) in [5, 5.41) is 0.532. The minimum Gasteiger partial charge on any atom is -0.491 e. The number of aldehydes is 1. The summed E-state index contributed by atoms with van der Waals surface area (Å²) in [6.07, 6.45) is -1.85. The molecule has 1 aliphatic heterocycles. The summed E-state index contributed by atoms with van der Waals surface area (Å²) >= 11 is 1.35. The molecule has 0 radical (unpaired) electrons. The Balaban J connectivity index is 1.56. The number of hydrogen-bond acceptors (Lipinski definition) is 5. The molecule has 0 amide bonds. The molecule has 0 unspecified atom stereocenters. The van der Waals surface area contributed by atoms with Gasteiger partial charge in [0.05, 0.1) is 16.5 Å². The molecule has 1 saturated heterocycles. The second-order valence-electron chi connectivity index (χ2n) is 8.18. The number of nitrogens with zero attached hydrogens (tertiary/aromatic N) is 2. The lowest BCUT2D eigenvalue weighted by Crippen LogP contribution is -2.46. The molecule has 8 heteroatoms. The predicted molar refractivity (Wildman–Crippen MR) is 119 cm³/mol. The number of rotatable bonds is 7. The van der Waals surface area contributed by atoms with Crippen LogP contribution in [-0.2, 0) is 17.5 Å². The number of benzene rings is 2. The summed E-state index contributed by atoms with van der Waals surface area (Å²) in [6, 6.07) is 12.0. The van der Waals surface area contributed by atoms with Gasteiger partial charge in [0.2, 0.25) is 0 Å². The van der Waals surface area contributed by atoms with Crippen LogP contribution in [0.25, 0.3) is 21.0 Å². The van der Waals surface area contributed by atoms with Crippen LogP contribution < -0.4 is 4.74 Å². The third-order valence-electron chi connectivity index (χ3n) is 5.25. The molecule has 0 N–H and O–H groups in total. The number of ether oxygens (including phenoxy) is 1. The molecule has 4 nitrogen and oxygen atoms in total. The molecule has 1 aromatic heterocycles. The van der Waals surface area contributed by atoms with Gasteiger partial charge in [0.25, 0.3) is 0 Å². The van der Waals surface area contributed by atoms with Crippen molar-refractivity contribution in [2.45, 2.75) is 32.7 Å². The molecule has 4 rings (SSSR count). The maximum absolute atomic E-state index is 13.8. The van der Waals surface area contributed by atoms with Gasteiger partial charge in [-0.05, 0) is 55.3 Å². The quantitative estimate of drug-likeness (QED) is 0.411. The van der Waals surface area contributed by atoms with E-state index in [9.17, 15) is 18.0 Å². The largest absolute Gasteiger partial charge is 0.491 e. The smallest absolute Gasteiger partial charge is 0.416 e. The molecule has 0 aliphatic carbocycles. The van der Waals surface area contributed by atoms with Gasteiger partial charge in [-0.1, -0.05) is 12.1 Å². The standard InChI is InChI=1S/C24H23F3N2O2S/c1-15(2)31-20-7-5-17(6-8-20)22-10-28-23(32-22)18-3-4-19(21(9-18)24(25,26)27)13-29-11-16(12-29)14-30/h3-10,14-16H,11-13H2,1-2H3. The van der Waals surface area contributed by atoms with Crippen molar-refractivity contribution in [2.75, 3.05) is 13.1 Å². The summed E-state index contributed by atoms with van der Waals surface area (Å²) in [5.74, 6) is 0.684. The van der Waals surface area contributed by atoms with Gasteiger partial charge < -0.3 is 9.53 Å². The van der Waals surface area contributed by atoms with Gasteiger partial charge in [-0.2, -0.15) is 13.2 Å². The van der Waals surface area contributed by atoms with Crippen LogP contribution in [-0.4, -0.2) is 35.4 Å². The fourth-order valence-corrected chi connectivity index (χ4v) is 4.61. The van der Waals surface area contributed by atoms with Gasteiger partial charge in [0.15, 0.2) is 0 Å². The maximum Gasteiger partial charge on any atom is 0.416 e. The van der Waals surface area contributed by atoms with Crippen LogP contribution in [0.3, 0.4) is 0 Å². The number of carbonyl (C=O) groups is 1. The zero-order valence-corrected chi connectivity index (χ0v) is 18.5. The molecule has 3 aromatic rings. The molecule has 168 valence electrons. The highest BCUT2D eigenvalue weighted by Crippen LogP contribution is 2.38. The number of carbonyl (C=O) groups excluding carboxylic acids is 1. The Kier molecular flexibility index (Phi) is 6.35. The van der Waals surface area contributed by atoms with Crippen molar-refractivity contribution in [1.29, 1.82) is 0 Å². The van der Waals surface area contributed by atoms with E-state index >= 15 is 0 Å². The van der Waals surface area contributed by atoms with Crippen LogP contribution in [0.4, 0.5) is 13.2 Å². The van der Waals surface area contributed by atoms with Crippen molar-refractivity contribution in [3.8, 4) is 26.8 Å². The summed E-state index contributed by atoms with van der Waals surface area (Å²) in [6.45, 7) is 5.08. The van der Waals surface area contributed by atoms with E-state index in [4.69, 9.17) is 4.74 Å². The first kappa shape index (κ1) is 22.5. The van der Waals surface area contributed by atoms with Gasteiger partial charge in [-0.3, -0.25) is 4.90 Å². The highest BCUT2D eigenvalue weighted by molar-refractivity contribution is 7.18. The van der Waals surface area contributed by atoms with Crippen molar-refractivity contribution in [3.05, 3.63) is 59.8 Å². The molecule has 0 saturated carbocycles. The Labute approximate surface area is 188 Å². The minimum absolute atomic E-state index is 0.0780. The first-order valence-electron chi connectivity index (χ1n) is 10.3. The summed E-state index contributed by atoms with van der Waals surface area (Å²) < 4.78 is 46.9. The van der Waals surface area contributed by atoms with Crippen LogP contribution in [0.15, 0.2) is 48.7 Å². The number of thiazole rings is 1. The zero-order valence-electron chi connectivity index (χ0n) is 17.7. The second kappa shape index (κ2) is 9.03. The zero-order chi connectivity index (χ0) is 22.9. The number of likely N-dealkylation sites (tertiary alicyclic amines) is 1. The van der Waals surface area contributed by atoms with Crippen molar-refractivity contribution in [2.24, 2.45) is 5.92 Å². The van der Waals surface area contributed by atoms with Crippen LogP contribution >= 0.6 is 11.3 Å². The highest BCUT2D eigenvalue weighted by Gasteiger charge is 2.35. The molecular formula is C24H23F3N2O2S. The maximum atomic E-state index is 13.8. The van der Waals surface area contributed by atoms with Crippen molar-refractivity contribution < 1.29 is 22.7 Å². The lowest BCUT2D eigenvalue weighted by Gasteiger charge is -2.36. The Hall–Kier alpha value is -2.71. The highest BCUT2D eigenvalue weighted by atomic mass is 32.1. The van der Waals surface area contributed by atoms with E-state index in [1.165, 1.54) is 23.5 Å². The van der Waals surface area contributed by atoms with Gasteiger partial charge in [0.1, 0.15) is 17.0 Å². The van der Waals surface area contributed by atoms with E-state index < -0.39 is 11.7 Å². The average Bonchev–Trinajstić information content (AvgIpc) is 3.20. The van der Waals surface area contributed by atoms with Gasteiger partial charge in [0, 0.05) is 37.3 Å². The Bertz CT molecular complexity index is 1090. The third-order valence-corrected chi connectivity index (χ3v) is 6.35. The monoisotopic (exact) mass is 460 g/mol. The molecule has 0 bridgehead atoms. The predicted octanol–water partition coefficient (Wildman–Crippen LogP) is 5.91. The Morgan fingerprint density at radius 3 is 2.47 bits per heavy atom. The summed E-state index contributed by atoms with van der Waals surface area (Å²) in [7, 11) is 0. The number of alkyl halides is 3. The Morgan fingerprint density at radius 2 is 1.84 bits per heavy atom. The average molecular weight is 461 g/mol. The molecule has 2 heterocycles. The molecule has 32 heavy (non-hydrogen) atoms. The SMILES string of the molecule is CC(C)Oc1ccc(-c2cnc(-c3ccc(CN4CC(C=O)C4)c(C(F)(F)F)c3)s2)cc1. The third kappa shape index (κ3) is 5.02. The minimum atomic E-state index is -4.47. The van der Waals surface area contributed by atoms with Gasteiger partial charge in [-0.15, -0.1) is 11.3 Å². The molecule has 1 aliphatic rings. The molecule has 2 aromatic carbocycles. The lowest BCUT2D eigenvalue weighted by atomic mass is 9.98. The first-order chi connectivity index (χ1) is 15.2. The van der Waals surface area contributed by atoms with Crippen LogP contribution in [0.5, 0.6) is 5.75 Å². The molecule has 0 atom stereocenters. The first-order valence-corrected chi connectivity index (χ1v) is 11.2. The lowest BCUT2D eigenvalue weighted by molar-refractivity contribution is -0.138. The topological polar surface area (TPSA) is 42.4 Å². The van der Waals surface area contributed by atoms with E-state index in [0.29, 0.717) is 23.7 Å². The van der Waals surface area contributed by atoms with Crippen molar-refractivity contribution in [1.82, 2.24) is 9.88 Å². The normalized spacial score (nSPS) is 15.1. The van der Waals surface area contributed by atoms with Crippen LogP contribution in [0.2, 0.25) is 0 Å². The molecule has 0 spiro atoms. The van der Waals surface area contributed by atoms with Crippen LogP contribution in [0, 0.1) is 5.92 Å². The second-order valence-corrected chi connectivity index (χ2v) is 9.21. The fourth-order valence-electron chi connectivity index (χ4n) is 3.69. The van der Waals surface area contributed by atoms with Crippen molar-refractivity contribution >= 4 is 17.6 Å². The number of aromatic nitrogens is 1. The van der Waals surface area contributed by atoms with E-state index in [0.717, 1.165) is 22.5 Å². The number of halogens is 3. The van der Waals surface area contributed by atoms with E-state index in [1.807, 2.05) is 43.0 Å². The van der Waals surface area contributed by atoms with Crippen molar-refractivity contribution in [3.63, 3.8) is 0 Å². The molecule has 1 fully saturated rings. The molecular weight excluding hydrogens is 437 g/mol. The fraction of sp³-hybridized carbons (Fsp3) is 0.333.